The molecule has 2 rings (SSSR count). The number of hydrogen-bond donors (Lipinski definition) is 0. The van der Waals surface area contributed by atoms with Crippen LogP contribution in [0.3, 0.4) is 0 Å². The number of carbonyl (C=O) groups is 1. The standard InChI is InChI=1S/C12H13ClO/c1-2-3-8-6-9-7-10(13)4-5-11(9)12(8)14/h4-5,7-8H,2-3,6H2,1H3. The van der Waals surface area contributed by atoms with Crippen molar-refractivity contribution in [2.75, 3.05) is 0 Å². The highest BCUT2D eigenvalue weighted by Gasteiger charge is 2.29. The molecule has 1 nitrogen and oxygen atoms in total. The summed E-state index contributed by atoms with van der Waals surface area (Å²) < 4.78 is 0. The highest BCUT2D eigenvalue weighted by Crippen LogP contribution is 2.31. The predicted octanol–water partition coefficient (Wildman–Crippen LogP) is 3.50. The molecule has 1 aliphatic carbocycles. The first-order valence-corrected chi connectivity index (χ1v) is 5.42. The number of halogens is 1. The maximum atomic E-state index is 11.9. The molecule has 1 atom stereocenters. The third-order valence-corrected chi connectivity index (χ3v) is 3.04. The van der Waals surface area contributed by atoms with Gasteiger partial charge >= 0.3 is 0 Å². The molecule has 2 heteroatoms. The molecule has 0 aromatic heterocycles. The van der Waals surface area contributed by atoms with E-state index in [1.54, 1.807) is 6.07 Å². The van der Waals surface area contributed by atoms with Gasteiger partial charge in [-0.3, -0.25) is 4.79 Å². The quantitative estimate of drug-likeness (QED) is 0.727. The number of Topliss-reactive ketones (excluding diaryl/α,β-unsaturated/α-hetero) is 1. The molecular weight excluding hydrogens is 196 g/mol. The van der Waals surface area contributed by atoms with E-state index in [1.807, 2.05) is 12.1 Å². The molecular formula is C12H13ClO. The summed E-state index contributed by atoms with van der Waals surface area (Å²) in [5.41, 5.74) is 2.01. The summed E-state index contributed by atoms with van der Waals surface area (Å²) in [6, 6.07) is 5.58. The second kappa shape index (κ2) is 3.74. The molecule has 0 fully saturated rings. The van der Waals surface area contributed by atoms with Crippen LogP contribution in [0.25, 0.3) is 0 Å². The van der Waals surface area contributed by atoms with Crippen LogP contribution in [0.2, 0.25) is 5.02 Å². The molecule has 0 amide bonds. The zero-order valence-corrected chi connectivity index (χ0v) is 8.97. The van der Waals surface area contributed by atoms with E-state index in [0.717, 1.165) is 35.4 Å². The topological polar surface area (TPSA) is 17.1 Å². The molecule has 0 bridgehead atoms. The molecule has 14 heavy (non-hydrogen) atoms. The van der Waals surface area contributed by atoms with Crippen LogP contribution in [-0.4, -0.2) is 5.78 Å². The fraction of sp³-hybridized carbons (Fsp3) is 0.417. The molecule has 0 radical (unpaired) electrons. The first-order valence-electron chi connectivity index (χ1n) is 5.05. The van der Waals surface area contributed by atoms with Gasteiger partial charge < -0.3 is 0 Å². The molecule has 0 heterocycles. The molecule has 1 aromatic rings. The minimum atomic E-state index is 0.202. The van der Waals surface area contributed by atoms with E-state index in [2.05, 4.69) is 6.92 Å². The van der Waals surface area contributed by atoms with Gasteiger partial charge in [0.05, 0.1) is 0 Å². The molecule has 0 saturated heterocycles. The molecule has 0 spiro atoms. The Morgan fingerprint density at radius 3 is 3.00 bits per heavy atom. The van der Waals surface area contributed by atoms with Crippen LogP contribution in [0.1, 0.15) is 35.7 Å². The lowest BCUT2D eigenvalue weighted by Gasteiger charge is -2.03. The second-order valence-corrected chi connectivity index (χ2v) is 4.29. The van der Waals surface area contributed by atoms with E-state index in [-0.39, 0.29) is 5.92 Å². The normalized spacial score (nSPS) is 19.9. The van der Waals surface area contributed by atoms with Gasteiger partial charge in [0.1, 0.15) is 0 Å². The van der Waals surface area contributed by atoms with E-state index >= 15 is 0 Å². The van der Waals surface area contributed by atoms with Gasteiger partial charge in [0, 0.05) is 16.5 Å². The van der Waals surface area contributed by atoms with Crippen LogP contribution < -0.4 is 0 Å². The lowest BCUT2D eigenvalue weighted by Crippen LogP contribution is -2.07. The summed E-state index contributed by atoms with van der Waals surface area (Å²) in [6.45, 7) is 2.11. The lowest BCUT2D eigenvalue weighted by molar-refractivity contribution is 0.0930. The predicted molar refractivity (Wildman–Crippen MR) is 57.9 cm³/mol. The summed E-state index contributed by atoms with van der Waals surface area (Å²) in [5.74, 6) is 0.506. The Morgan fingerprint density at radius 1 is 1.50 bits per heavy atom. The van der Waals surface area contributed by atoms with Crippen molar-refractivity contribution in [2.45, 2.75) is 26.2 Å². The number of ketones is 1. The van der Waals surface area contributed by atoms with Gasteiger partial charge in [-0.2, -0.15) is 0 Å². The molecule has 0 saturated carbocycles. The number of rotatable bonds is 2. The molecule has 1 unspecified atom stereocenters. The van der Waals surface area contributed by atoms with Gasteiger partial charge in [0.15, 0.2) is 5.78 Å². The summed E-state index contributed by atoms with van der Waals surface area (Å²) in [4.78, 5) is 11.9. The number of benzene rings is 1. The smallest absolute Gasteiger partial charge is 0.166 e. The minimum absolute atomic E-state index is 0.202. The van der Waals surface area contributed by atoms with Crippen LogP contribution in [0.15, 0.2) is 18.2 Å². The molecule has 74 valence electrons. The van der Waals surface area contributed by atoms with Crippen molar-refractivity contribution < 1.29 is 4.79 Å². The summed E-state index contributed by atoms with van der Waals surface area (Å²) >= 11 is 5.88. The third kappa shape index (κ3) is 1.57. The van der Waals surface area contributed by atoms with Crippen LogP contribution >= 0.6 is 11.6 Å². The summed E-state index contributed by atoms with van der Waals surface area (Å²) in [6.07, 6.45) is 2.94. The zero-order valence-electron chi connectivity index (χ0n) is 8.22. The van der Waals surface area contributed by atoms with E-state index in [4.69, 9.17) is 11.6 Å². The van der Waals surface area contributed by atoms with Crippen molar-refractivity contribution in [2.24, 2.45) is 5.92 Å². The second-order valence-electron chi connectivity index (χ2n) is 3.86. The van der Waals surface area contributed by atoms with Crippen LogP contribution in [0, 0.1) is 5.92 Å². The Bertz CT molecular complexity index is 371. The average molecular weight is 209 g/mol. The van der Waals surface area contributed by atoms with Crippen molar-refractivity contribution in [1.29, 1.82) is 0 Å². The summed E-state index contributed by atoms with van der Waals surface area (Å²) in [5, 5.41) is 0.730. The fourth-order valence-corrected chi connectivity index (χ4v) is 2.33. The van der Waals surface area contributed by atoms with Crippen LogP contribution in [-0.2, 0) is 6.42 Å². The minimum Gasteiger partial charge on any atom is -0.294 e. The maximum absolute atomic E-state index is 11.9. The Balaban J connectivity index is 2.31. The largest absolute Gasteiger partial charge is 0.294 e. The van der Waals surface area contributed by atoms with Gasteiger partial charge in [-0.1, -0.05) is 24.9 Å². The van der Waals surface area contributed by atoms with Gasteiger partial charge in [0.2, 0.25) is 0 Å². The number of carbonyl (C=O) groups excluding carboxylic acids is 1. The molecule has 1 aliphatic rings. The highest BCUT2D eigenvalue weighted by atomic mass is 35.5. The number of fused-ring (bicyclic) bond motifs is 1. The monoisotopic (exact) mass is 208 g/mol. The van der Waals surface area contributed by atoms with Crippen LogP contribution in [0.4, 0.5) is 0 Å². The van der Waals surface area contributed by atoms with Crippen molar-refractivity contribution in [3.8, 4) is 0 Å². The van der Waals surface area contributed by atoms with E-state index in [0.29, 0.717) is 5.78 Å². The van der Waals surface area contributed by atoms with Gasteiger partial charge in [-0.15, -0.1) is 0 Å². The van der Waals surface area contributed by atoms with Crippen molar-refractivity contribution >= 4 is 17.4 Å². The van der Waals surface area contributed by atoms with E-state index in [1.165, 1.54) is 0 Å². The third-order valence-electron chi connectivity index (χ3n) is 2.81. The molecule has 1 aromatic carbocycles. The van der Waals surface area contributed by atoms with E-state index in [9.17, 15) is 4.79 Å². The first kappa shape index (κ1) is 9.72. The maximum Gasteiger partial charge on any atom is 0.166 e. The molecule has 0 aliphatic heterocycles. The fourth-order valence-electron chi connectivity index (χ4n) is 2.13. The Labute approximate surface area is 89.1 Å². The summed E-state index contributed by atoms with van der Waals surface area (Å²) in [7, 11) is 0. The first-order chi connectivity index (χ1) is 6.72. The Morgan fingerprint density at radius 2 is 2.29 bits per heavy atom. The van der Waals surface area contributed by atoms with Gasteiger partial charge in [-0.25, -0.2) is 0 Å². The zero-order chi connectivity index (χ0) is 10.1. The van der Waals surface area contributed by atoms with Crippen molar-refractivity contribution in [3.05, 3.63) is 34.3 Å². The van der Waals surface area contributed by atoms with Crippen LogP contribution in [0.5, 0.6) is 0 Å². The average Bonchev–Trinajstić information content (AvgIpc) is 2.44. The van der Waals surface area contributed by atoms with Crippen molar-refractivity contribution in [1.82, 2.24) is 0 Å². The van der Waals surface area contributed by atoms with Gasteiger partial charge in [0.25, 0.3) is 0 Å². The highest BCUT2D eigenvalue weighted by molar-refractivity contribution is 6.30. The van der Waals surface area contributed by atoms with Crippen molar-refractivity contribution in [3.63, 3.8) is 0 Å². The Kier molecular flexibility index (Phi) is 2.60. The number of hydrogen-bond acceptors (Lipinski definition) is 1. The van der Waals surface area contributed by atoms with E-state index < -0.39 is 0 Å². The molecule has 0 N–H and O–H groups in total. The SMILES string of the molecule is CCCC1Cc2cc(Cl)ccc2C1=O. The van der Waals surface area contributed by atoms with Gasteiger partial charge in [-0.05, 0) is 36.6 Å². The Hall–Kier alpha value is -0.820. The lowest BCUT2D eigenvalue weighted by atomic mass is 10.00.